The molecule has 1 amide bonds. The van der Waals surface area contributed by atoms with E-state index in [1.54, 1.807) is 29.2 Å². The Hall–Kier alpha value is -3.42. The van der Waals surface area contributed by atoms with Crippen LogP contribution >= 0.6 is 0 Å². The van der Waals surface area contributed by atoms with E-state index in [2.05, 4.69) is 20.2 Å². The van der Waals surface area contributed by atoms with E-state index >= 15 is 0 Å². The van der Waals surface area contributed by atoms with Crippen LogP contribution in [0.15, 0.2) is 53.1 Å². The number of rotatable bonds is 5. The highest BCUT2D eigenvalue weighted by atomic mass is 19.1. The summed E-state index contributed by atoms with van der Waals surface area (Å²) in [5.41, 5.74) is 0.967. The van der Waals surface area contributed by atoms with Crippen LogP contribution in [0.4, 0.5) is 16.0 Å². The van der Waals surface area contributed by atoms with Gasteiger partial charge in [0.25, 0.3) is 5.91 Å². The molecule has 1 aliphatic heterocycles. The molecule has 1 aromatic carbocycles. The van der Waals surface area contributed by atoms with E-state index in [0.717, 1.165) is 11.4 Å². The first kappa shape index (κ1) is 18.9. The molecule has 8 heteroatoms. The Bertz CT molecular complexity index is 967. The molecule has 1 aliphatic rings. The number of hydrogen-bond donors (Lipinski definition) is 1. The molecule has 4 rings (SSSR count). The Morgan fingerprint density at radius 3 is 2.59 bits per heavy atom. The van der Waals surface area contributed by atoms with Gasteiger partial charge in [-0.3, -0.25) is 4.79 Å². The Morgan fingerprint density at radius 2 is 1.90 bits per heavy atom. The predicted octanol–water partition coefficient (Wildman–Crippen LogP) is 3.09. The van der Waals surface area contributed by atoms with Gasteiger partial charge in [0.2, 0.25) is 0 Å². The van der Waals surface area contributed by atoms with E-state index in [0.29, 0.717) is 50.1 Å². The zero-order valence-electron chi connectivity index (χ0n) is 16.1. The van der Waals surface area contributed by atoms with Crippen LogP contribution in [-0.4, -0.2) is 47.0 Å². The second-order valence-corrected chi connectivity index (χ2v) is 6.90. The number of amides is 1. The van der Waals surface area contributed by atoms with E-state index in [9.17, 15) is 9.18 Å². The number of carbonyl (C=O) groups excluding carboxylic acids is 1. The number of furan rings is 1. The zero-order chi connectivity index (χ0) is 20.2. The minimum Gasteiger partial charge on any atom is -0.459 e. The highest BCUT2D eigenvalue weighted by Crippen LogP contribution is 2.19. The number of anilines is 2. The molecule has 0 aliphatic carbocycles. The third-order valence-electron chi connectivity index (χ3n) is 4.83. The summed E-state index contributed by atoms with van der Waals surface area (Å²) in [7, 11) is 0. The van der Waals surface area contributed by atoms with Crippen molar-refractivity contribution in [3.8, 4) is 0 Å². The van der Waals surface area contributed by atoms with Crippen molar-refractivity contribution < 1.29 is 13.6 Å². The van der Waals surface area contributed by atoms with Gasteiger partial charge in [0.05, 0.1) is 6.26 Å². The van der Waals surface area contributed by atoms with Crippen LogP contribution in [0.3, 0.4) is 0 Å². The van der Waals surface area contributed by atoms with Gasteiger partial charge in [-0.2, -0.15) is 0 Å². The van der Waals surface area contributed by atoms with Crippen LogP contribution in [0.1, 0.15) is 21.9 Å². The lowest BCUT2D eigenvalue weighted by atomic mass is 10.2. The summed E-state index contributed by atoms with van der Waals surface area (Å²) in [6.07, 6.45) is 1.51. The summed E-state index contributed by atoms with van der Waals surface area (Å²) in [4.78, 5) is 25.3. The minimum atomic E-state index is -0.251. The van der Waals surface area contributed by atoms with Crippen molar-refractivity contribution in [3.05, 3.63) is 71.7 Å². The summed E-state index contributed by atoms with van der Waals surface area (Å²) in [6.45, 7) is 4.95. The fourth-order valence-electron chi connectivity index (χ4n) is 3.29. The highest BCUT2D eigenvalue weighted by Gasteiger charge is 2.24. The van der Waals surface area contributed by atoms with Gasteiger partial charge in [0.1, 0.15) is 23.3 Å². The summed E-state index contributed by atoms with van der Waals surface area (Å²) >= 11 is 0. The number of nitrogens with one attached hydrogen (secondary N) is 1. The smallest absolute Gasteiger partial charge is 0.289 e. The number of benzene rings is 1. The van der Waals surface area contributed by atoms with Gasteiger partial charge in [-0.25, -0.2) is 14.4 Å². The average molecular weight is 395 g/mol. The number of aromatic nitrogens is 2. The molecule has 0 bridgehead atoms. The quantitative estimate of drug-likeness (QED) is 0.716. The molecule has 2 aromatic heterocycles. The molecule has 0 radical (unpaired) electrons. The monoisotopic (exact) mass is 395 g/mol. The van der Waals surface area contributed by atoms with Gasteiger partial charge < -0.3 is 19.5 Å². The molecule has 0 atom stereocenters. The van der Waals surface area contributed by atoms with Crippen LogP contribution in [0.25, 0.3) is 0 Å². The van der Waals surface area contributed by atoms with E-state index in [4.69, 9.17) is 4.42 Å². The van der Waals surface area contributed by atoms with Crippen molar-refractivity contribution in [2.75, 3.05) is 36.4 Å². The third kappa shape index (κ3) is 4.53. The van der Waals surface area contributed by atoms with Crippen LogP contribution < -0.4 is 10.2 Å². The van der Waals surface area contributed by atoms with Crippen LogP contribution in [0, 0.1) is 12.7 Å². The molecule has 0 saturated carbocycles. The number of aryl methyl sites for hydroxylation is 1. The number of nitrogens with zero attached hydrogens (tertiary/aromatic N) is 4. The van der Waals surface area contributed by atoms with E-state index in [1.807, 2.05) is 13.0 Å². The molecular weight excluding hydrogens is 373 g/mol. The van der Waals surface area contributed by atoms with Crippen molar-refractivity contribution in [1.82, 2.24) is 14.9 Å². The number of hydrogen-bond acceptors (Lipinski definition) is 6. The molecule has 0 unspecified atom stereocenters. The summed E-state index contributed by atoms with van der Waals surface area (Å²) < 4.78 is 18.2. The van der Waals surface area contributed by atoms with Crippen molar-refractivity contribution in [1.29, 1.82) is 0 Å². The first-order valence-electron chi connectivity index (χ1n) is 9.50. The van der Waals surface area contributed by atoms with Gasteiger partial charge in [0.15, 0.2) is 5.76 Å². The number of piperazine rings is 1. The van der Waals surface area contributed by atoms with Crippen LogP contribution in [-0.2, 0) is 6.54 Å². The lowest BCUT2D eigenvalue weighted by Crippen LogP contribution is -2.49. The molecule has 1 fully saturated rings. The number of carbonyl (C=O) groups is 1. The molecule has 0 spiro atoms. The second kappa shape index (κ2) is 8.30. The second-order valence-electron chi connectivity index (χ2n) is 6.90. The van der Waals surface area contributed by atoms with E-state index < -0.39 is 0 Å². The van der Waals surface area contributed by atoms with Crippen LogP contribution in [0.2, 0.25) is 0 Å². The summed E-state index contributed by atoms with van der Waals surface area (Å²) in [6, 6.07) is 11.7. The Labute approximate surface area is 168 Å². The maximum Gasteiger partial charge on any atom is 0.289 e. The van der Waals surface area contributed by atoms with E-state index in [1.165, 1.54) is 18.4 Å². The highest BCUT2D eigenvalue weighted by molar-refractivity contribution is 5.91. The van der Waals surface area contributed by atoms with Crippen molar-refractivity contribution >= 4 is 17.5 Å². The maximum absolute atomic E-state index is 13.0. The van der Waals surface area contributed by atoms with Crippen molar-refractivity contribution in [2.45, 2.75) is 13.5 Å². The van der Waals surface area contributed by atoms with Gasteiger partial charge in [-0.05, 0) is 36.8 Å². The molecule has 1 saturated heterocycles. The van der Waals surface area contributed by atoms with Gasteiger partial charge in [0, 0.05) is 38.8 Å². The molecule has 29 heavy (non-hydrogen) atoms. The fourth-order valence-corrected chi connectivity index (χ4v) is 3.29. The summed E-state index contributed by atoms with van der Waals surface area (Å²) in [5.74, 6) is 2.23. The van der Waals surface area contributed by atoms with Gasteiger partial charge in [-0.15, -0.1) is 0 Å². The Kier molecular flexibility index (Phi) is 5.41. The molecular formula is C21H22FN5O2. The lowest BCUT2D eigenvalue weighted by Gasteiger charge is -2.35. The Balaban J connectivity index is 1.39. The molecule has 1 N–H and O–H groups in total. The molecule has 7 nitrogen and oxygen atoms in total. The van der Waals surface area contributed by atoms with Gasteiger partial charge >= 0.3 is 0 Å². The van der Waals surface area contributed by atoms with Crippen LogP contribution in [0.5, 0.6) is 0 Å². The Morgan fingerprint density at radius 1 is 1.14 bits per heavy atom. The van der Waals surface area contributed by atoms with Crippen molar-refractivity contribution in [3.63, 3.8) is 0 Å². The molecule has 3 heterocycles. The zero-order valence-corrected chi connectivity index (χ0v) is 16.1. The lowest BCUT2D eigenvalue weighted by molar-refractivity contribution is 0.0714. The fraction of sp³-hybridized carbons (Fsp3) is 0.286. The molecule has 150 valence electrons. The first-order valence-corrected chi connectivity index (χ1v) is 9.50. The summed E-state index contributed by atoms with van der Waals surface area (Å²) in [5, 5.41) is 3.27. The topological polar surface area (TPSA) is 74.5 Å². The van der Waals surface area contributed by atoms with Crippen molar-refractivity contribution in [2.24, 2.45) is 0 Å². The predicted molar refractivity (Wildman–Crippen MR) is 107 cm³/mol. The number of halogens is 1. The standard InChI is InChI=1S/C21H22FN5O2/c1-15-24-19(23-14-16-4-6-17(22)7-5-16)13-20(25-15)26-8-10-27(11-9-26)21(28)18-3-2-12-29-18/h2-7,12-13H,8-11,14H2,1H3,(H,23,24,25). The average Bonchev–Trinajstić information content (AvgIpc) is 3.27. The maximum atomic E-state index is 13.0. The SMILES string of the molecule is Cc1nc(NCc2ccc(F)cc2)cc(N2CCN(C(=O)c3ccco3)CC2)n1. The largest absolute Gasteiger partial charge is 0.459 e. The molecule has 3 aromatic rings. The van der Waals surface area contributed by atoms with E-state index in [-0.39, 0.29) is 11.7 Å². The minimum absolute atomic E-state index is 0.0878. The van der Waals surface area contributed by atoms with Gasteiger partial charge in [-0.1, -0.05) is 12.1 Å². The first-order chi connectivity index (χ1) is 14.1. The third-order valence-corrected chi connectivity index (χ3v) is 4.83. The normalized spacial score (nSPS) is 14.1.